The fraction of sp³-hybridized carbons (Fsp3) is 0.857. The summed E-state index contributed by atoms with van der Waals surface area (Å²) in [6.07, 6.45) is 0.959. The first-order valence-electron chi connectivity index (χ1n) is 3.53. The molecule has 0 aromatic rings. The zero-order valence-electron chi connectivity index (χ0n) is 6.98. The van der Waals surface area contributed by atoms with Gasteiger partial charge in [-0.05, 0) is 0 Å². The van der Waals surface area contributed by atoms with Crippen LogP contribution < -0.4 is 5.32 Å². The minimum atomic E-state index is 0.735. The lowest BCUT2D eigenvalue weighted by atomic mass is 10.4. The van der Waals surface area contributed by atoms with E-state index in [0.29, 0.717) is 0 Å². The van der Waals surface area contributed by atoms with Crippen LogP contribution in [0, 0.1) is 0 Å². The summed E-state index contributed by atoms with van der Waals surface area (Å²) in [7, 11) is 3.48. The third-order valence-corrected chi connectivity index (χ3v) is 1.24. The molecule has 0 aliphatic carbocycles. The second-order valence-electron chi connectivity index (χ2n) is 1.94. The summed E-state index contributed by atoms with van der Waals surface area (Å²) in [4.78, 5) is 4.03. The van der Waals surface area contributed by atoms with E-state index >= 15 is 0 Å². The Morgan fingerprint density at radius 2 is 2.30 bits per heavy atom. The summed E-state index contributed by atoms with van der Waals surface area (Å²) in [6.45, 7) is 3.65. The van der Waals surface area contributed by atoms with Gasteiger partial charge in [0, 0.05) is 27.1 Å². The molecule has 60 valence electrons. The van der Waals surface area contributed by atoms with E-state index in [1.165, 1.54) is 0 Å². The maximum atomic E-state index is 4.86. The monoisotopic (exact) mass is 144 g/mol. The number of nitrogens with zero attached hydrogens (tertiary/aromatic N) is 1. The molecule has 10 heavy (non-hydrogen) atoms. The van der Waals surface area contributed by atoms with Crippen LogP contribution in [0.15, 0.2) is 4.99 Å². The van der Waals surface area contributed by atoms with E-state index in [4.69, 9.17) is 4.74 Å². The van der Waals surface area contributed by atoms with Gasteiger partial charge in [0.25, 0.3) is 0 Å². The van der Waals surface area contributed by atoms with Gasteiger partial charge in [-0.1, -0.05) is 6.92 Å². The highest BCUT2D eigenvalue weighted by Crippen LogP contribution is 1.78. The van der Waals surface area contributed by atoms with Crippen molar-refractivity contribution in [3.8, 4) is 0 Å². The fourth-order valence-electron chi connectivity index (χ4n) is 0.660. The smallest absolute Gasteiger partial charge is 0.0957 e. The average molecular weight is 144 g/mol. The maximum Gasteiger partial charge on any atom is 0.0957 e. The molecule has 0 aromatic heterocycles. The highest BCUT2D eigenvalue weighted by atomic mass is 16.5. The van der Waals surface area contributed by atoms with E-state index in [-0.39, 0.29) is 0 Å². The van der Waals surface area contributed by atoms with Gasteiger partial charge < -0.3 is 10.1 Å². The number of hydrogen-bond acceptors (Lipinski definition) is 2. The predicted molar refractivity (Wildman–Crippen MR) is 43.5 cm³/mol. The van der Waals surface area contributed by atoms with Crippen molar-refractivity contribution in [2.45, 2.75) is 13.3 Å². The summed E-state index contributed by atoms with van der Waals surface area (Å²) in [6, 6.07) is 0. The highest BCUT2D eigenvalue weighted by molar-refractivity contribution is 5.81. The molecule has 0 radical (unpaired) electrons. The van der Waals surface area contributed by atoms with E-state index in [9.17, 15) is 0 Å². The predicted octanol–water partition coefficient (Wildman–Crippen LogP) is 0.661. The molecule has 0 fully saturated rings. The molecule has 0 heterocycles. The molecule has 3 nitrogen and oxygen atoms in total. The third kappa shape index (κ3) is 4.32. The molecular weight excluding hydrogens is 128 g/mol. The van der Waals surface area contributed by atoms with Crippen molar-refractivity contribution < 1.29 is 4.74 Å². The van der Waals surface area contributed by atoms with Gasteiger partial charge in [0.2, 0.25) is 0 Å². The van der Waals surface area contributed by atoms with E-state index in [0.717, 1.165) is 25.4 Å². The maximum absolute atomic E-state index is 4.86. The number of amidine groups is 1. The van der Waals surface area contributed by atoms with Gasteiger partial charge in [-0.15, -0.1) is 0 Å². The van der Waals surface area contributed by atoms with Gasteiger partial charge in [0.05, 0.1) is 12.4 Å². The molecular formula is C7H16N2O. The second-order valence-corrected chi connectivity index (χ2v) is 1.94. The van der Waals surface area contributed by atoms with E-state index < -0.39 is 0 Å². The third-order valence-electron chi connectivity index (χ3n) is 1.24. The zero-order valence-corrected chi connectivity index (χ0v) is 6.98. The van der Waals surface area contributed by atoms with E-state index in [1.807, 2.05) is 0 Å². The summed E-state index contributed by atoms with van der Waals surface area (Å²) >= 11 is 0. The standard InChI is InChI=1S/C7H16N2O/c1-4-7(8-2)9-5-6-10-3/h4-6H2,1-3H3,(H,8,9). The average Bonchev–Trinajstić information content (AvgIpc) is 1.99. The molecule has 0 bridgehead atoms. The number of nitrogens with one attached hydrogen (secondary N) is 1. The topological polar surface area (TPSA) is 33.6 Å². The van der Waals surface area contributed by atoms with Crippen molar-refractivity contribution in [3.63, 3.8) is 0 Å². The van der Waals surface area contributed by atoms with Crippen LogP contribution in [0.25, 0.3) is 0 Å². The van der Waals surface area contributed by atoms with Crippen molar-refractivity contribution in [1.82, 2.24) is 5.32 Å². The largest absolute Gasteiger partial charge is 0.383 e. The second kappa shape index (κ2) is 6.55. The number of hydrogen-bond donors (Lipinski definition) is 1. The lowest BCUT2D eigenvalue weighted by Crippen LogP contribution is -2.26. The van der Waals surface area contributed by atoms with Gasteiger partial charge in [0.1, 0.15) is 0 Å². The SMILES string of the molecule is CCC(=NC)NCCOC. The van der Waals surface area contributed by atoms with Crippen molar-refractivity contribution in [1.29, 1.82) is 0 Å². The highest BCUT2D eigenvalue weighted by Gasteiger charge is 1.90. The first-order valence-corrected chi connectivity index (χ1v) is 3.53. The van der Waals surface area contributed by atoms with Gasteiger partial charge in [0.15, 0.2) is 0 Å². The zero-order chi connectivity index (χ0) is 7.82. The summed E-state index contributed by atoms with van der Waals surface area (Å²) in [5.41, 5.74) is 0. The quantitative estimate of drug-likeness (QED) is 0.357. The molecule has 0 aromatic carbocycles. The fourth-order valence-corrected chi connectivity index (χ4v) is 0.660. The Kier molecular flexibility index (Phi) is 6.18. The van der Waals surface area contributed by atoms with Gasteiger partial charge in [-0.3, -0.25) is 4.99 Å². The molecule has 0 saturated heterocycles. The van der Waals surface area contributed by atoms with Crippen LogP contribution in [-0.4, -0.2) is 33.1 Å². The van der Waals surface area contributed by atoms with Crippen LogP contribution in [0.5, 0.6) is 0 Å². The first kappa shape index (κ1) is 9.43. The van der Waals surface area contributed by atoms with Crippen molar-refractivity contribution >= 4 is 5.84 Å². The Morgan fingerprint density at radius 1 is 1.60 bits per heavy atom. The Labute approximate surface area is 62.5 Å². The number of rotatable bonds is 4. The molecule has 0 rings (SSSR count). The van der Waals surface area contributed by atoms with Crippen molar-refractivity contribution in [3.05, 3.63) is 0 Å². The Balaban J connectivity index is 3.27. The lowest BCUT2D eigenvalue weighted by molar-refractivity contribution is 0.204. The molecule has 0 atom stereocenters. The van der Waals surface area contributed by atoms with Crippen molar-refractivity contribution in [2.24, 2.45) is 4.99 Å². The number of aliphatic imine (C=N–C) groups is 1. The van der Waals surface area contributed by atoms with Crippen LogP contribution in [0.4, 0.5) is 0 Å². The van der Waals surface area contributed by atoms with E-state index in [2.05, 4.69) is 17.2 Å². The van der Waals surface area contributed by atoms with Crippen LogP contribution in [0.3, 0.4) is 0 Å². The molecule has 0 amide bonds. The normalized spacial score (nSPS) is 11.7. The van der Waals surface area contributed by atoms with Gasteiger partial charge in [-0.25, -0.2) is 0 Å². The number of ether oxygens (including phenoxy) is 1. The van der Waals surface area contributed by atoms with Crippen LogP contribution in [0.1, 0.15) is 13.3 Å². The minimum Gasteiger partial charge on any atom is -0.383 e. The molecule has 1 N–H and O–H groups in total. The number of methoxy groups -OCH3 is 1. The molecule has 3 heteroatoms. The molecule has 0 spiro atoms. The Bertz CT molecular complexity index is 102. The van der Waals surface area contributed by atoms with E-state index in [1.54, 1.807) is 14.2 Å². The first-order chi connectivity index (χ1) is 4.85. The Hall–Kier alpha value is -0.570. The summed E-state index contributed by atoms with van der Waals surface area (Å²) < 4.78 is 4.86. The summed E-state index contributed by atoms with van der Waals surface area (Å²) in [5.74, 6) is 1.04. The Morgan fingerprint density at radius 3 is 2.70 bits per heavy atom. The van der Waals surface area contributed by atoms with Gasteiger partial charge in [-0.2, -0.15) is 0 Å². The van der Waals surface area contributed by atoms with Gasteiger partial charge >= 0.3 is 0 Å². The molecule has 0 saturated carbocycles. The molecule has 0 aliphatic rings. The van der Waals surface area contributed by atoms with Crippen LogP contribution >= 0.6 is 0 Å². The minimum absolute atomic E-state index is 0.735. The lowest BCUT2D eigenvalue weighted by Gasteiger charge is -2.05. The van der Waals surface area contributed by atoms with Crippen LogP contribution in [-0.2, 0) is 4.74 Å². The van der Waals surface area contributed by atoms with Crippen molar-refractivity contribution in [2.75, 3.05) is 27.3 Å². The molecule has 0 unspecified atom stereocenters. The summed E-state index contributed by atoms with van der Waals surface area (Å²) in [5, 5.41) is 3.14. The van der Waals surface area contributed by atoms with Crippen LogP contribution in [0.2, 0.25) is 0 Å². The molecule has 0 aliphatic heterocycles.